The number of halogens is 1. The molecule has 1 aromatic rings. The van der Waals surface area contributed by atoms with Crippen LogP contribution in [0.3, 0.4) is 0 Å². The summed E-state index contributed by atoms with van der Waals surface area (Å²) in [6.45, 7) is 3.16. The summed E-state index contributed by atoms with van der Waals surface area (Å²) in [7, 11) is 0. The fourth-order valence-electron chi connectivity index (χ4n) is 2.94. The first-order valence-corrected chi connectivity index (χ1v) is 8.23. The minimum atomic E-state index is -0.691. The zero-order chi connectivity index (χ0) is 14.9. The summed E-state index contributed by atoms with van der Waals surface area (Å²) < 4.78 is 5.41. The van der Waals surface area contributed by atoms with E-state index in [1.165, 1.54) is 12.8 Å². The SMILES string of the molecule is CCOC(=O)C(NCC1CC1)(c1ccc(Cl)cc1)C1CC1. The van der Waals surface area contributed by atoms with Gasteiger partial charge in [0, 0.05) is 5.02 Å². The Hall–Kier alpha value is -1.06. The summed E-state index contributed by atoms with van der Waals surface area (Å²) >= 11 is 6.00. The van der Waals surface area contributed by atoms with Gasteiger partial charge in [-0.25, -0.2) is 4.79 Å². The normalized spacial score (nSPS) is 20.9. The monoisotopic (exact) mass is 307 g/mol. The first-order valence-electron chi connectivity index (χ1n) is 7.85. The van der Waals surface area contributed by atoms with Crippen molar-refractivity contribution in [3.8, 4) is 0 Å². The molecule has 0 aliphatic heterocycles. The summed E-state index contributed by atoms with van der Waals surface area (Å²) in [5.74, 6) is 0.900. The van der Waals surface area contributed by atoms with Gasteiger partial charge in [-0.05, 0) is 68.7 Å². The Labute approximate surface area is 131 Å². The van der Waals surface area contributed by atoms with Gasteiger partial charge < -0.3 is 4.74 Å². The van der Waals surface area contributed by atoms with E-state index in [0.29, 0.717) is 23.5 Å². The molecule has 1 unspecified atom stereocenters. The van der Waals surface area contributed by atoms with E-state index < -0.39 is 5.54 Å². The average molecular weight is 308 g/mol. The van der Waals surface area contributed by atoms with Crippen molar-refractivity contribution >= 4 is 17.6 Å². The zero-order valence-electron chi connectivity index (χ0n) is 12.4. The second-order valence-corrected chi connectivity index (χ2v) is 6.57. The Morgan fingerprint density at radius 3 is 2.48 bits per heavy atom. The summed E-state index contributed by atoms with van der Waals surface area (Å²) in [5.41, 5.74) is 0.289. The Kier molecular flexibility index (Phi) is 4.23. The van der Waals surface area contributed by atoms with Crippen molar-refractivity contribution < 1.29 is 9.53 Å². The third-order valence-corrected chi connectivity index (χ3v) is 4.71. The predicted octanol–water partition coefficient (Wildman–Crippen LogP) is 3.51. The van der Waals surface area contributed by atoms with Crippen molar-refractivity contribution in [1.82, 2.24) is 5.32 Å². The van der Waals surface area contributed by atoms with Gasteiger partial charge in [-0.2, -0.15) is 0 Å². The maximum atomic E-state index is 12.7. The molecule has 0 aromatic heterocycles. The van der Waals surface area contributed by atoms with E-state index in [9.17, 15) is 4.79 Å². The number of hydrogen-bond donors (Lipinski definition) is 1. The van der Waals surface area contributed by atoms with E-state index in [-0.39, 0.29) is 5.97 Å². The molecule has 0 amide bonds. The second-order valence-electron chi connectivity index (χ2n) is 6.13. The molecule has 0 radical (unpaired) electrons. The third-order valence-electron chi connectivity index (χ3n) is 4.45. The quantitative estimate of drug-likeness (QED) is 0.783. The molecular formula is C17H22ClNO2. The van der Waals surface area contributed by atoms with E-state index in [0.717, 1.165) is 24.9 Å². The van der Waals surface area contributed by atoms with Gasteiger partial charge >= 0.3 is 5.97 Å². The van der Waals surface area contributed by atoms with Gasteiger partial charge in [-0.3, -0.25) is 5.32 Å². The van der Waals surface area contributed by atoms with E-state index in [2.05, 4.69) is 5.32 Å². The molecule has 4 heteroatoms. The maximum Gasteiger partial charge on any atom is 0.331 e. The minimum absolute atomic E-state index is 0.143. The highest BCUT2D eigenvalue weighted by Gasteiger charge is 2.53. The number of ether oxygens (including phenoxy) is 1. The predicted molar refractivity (Wildman–Crippen MR) is 83.2 cm³/mol. The van der Waals surface area contributed by atoms with E-state index >= 15 is 0 Å². The van der Waals surface area contributed by atoms with Crippen LogP contribution in [0.5, 0.6) is 0 Å². The van der Waals surface area contributed by atoms with Crippen LogP contribution in [0.15, 0.2) is 24.3 Å². The lowest BCUT2D eigenvalue weighted by Crippen LogP contribution is -2.52. The first-order chi connectivity index (χ1) is 10.2. The van der Waals surface area contributed by atoms with Gasteiger partial charge in [0.2, 0.25) is 0 Å². The van der Waals surface area contributed by atoms with E-state index in [1.807, 2.05) is 31.2 Å². The Morgan fingerprint density at radius 1 is 1.29 bits per heavy atom. The van der Waals surface area contributed by atoms with Crippen molar-refractivity contribution in [3.63, 3.8) is 0 Å². The molecule has 2 saturated carbocycles. The summed E-state index contributed by atoms with van der Waals surface area (Å²) in [6, 6.07) is 7.62. The lowest BCUT2D eigenvalue weighted by Gasteiger charge is -2.33. The highest BCUT2D eigenvalue weighted by Crippen LogP contribution is 2.47. The topological polar surface area (TPSA) is 38.3 Å². The van der Waals surface area contributed by atoms with Crippen LogP contribution in [0.4, 0.5) is 0 Å². The molecule has 3 rings (SSSR count). The van der Waals surface area contributed by atoms with Crippen LogP contribution in [0.25, 0.3) is 0 Å². The highest BCUT2D eigenvalue weighted by atomic mass is 35.5. The smallest absolute Gasteiger partial charge is 0.331 e. The first kappa shape index (κ1) is 14.9. The maximum absolute atomic E-state index is 12.7. The van der Waals surface area contributed by atoms with Crippen LogP contribution in [0.1, 0.15) is 38.2 Å². The number of rotatable bonds is 7. The Balaban J connectivity index is 1.93. The summed E-state index contributed by atoms with van der Waals surface area (Å²) in [4.78, 5) is 12.7. The zero-order valence-corrected chi connectivity index (χ0v) is 13.2. The molecule has 3 nitrogen and oxygen atoms in total. The van der Waals surface area contributed by atoms with Crippen molar-refractivity contribution in [3.05, 3.63) is 34.9 Å². The van der Waals surface area contributed by atoms with Crippen LogP contribution in [-0.4, -0.2) is 19.1 Å². The van der Waals surface area contributed by atoms with Crippen LogP contribution >= 0.6 is 11.6 Å². The number of hydrogen-bond acceptors (Lipinski definition) is 3. The lowest BCUT2D eigenvalue weighted by atomic mass is 9.84. The van der Waals surface area contributed by atoms with Gasteiger partial charge in [-0.15, -0.1) is 0 Å². The fraction of sp³-hybridized carbons (Fsp3) is 0.588. The molecular weight excluding hydrogens is 286 g/mol. The number of esters is 1. The Bertz CT molecular complexity index is 508. The molecule has 1 atom stereocenters. The van der Waals surface area contributed by atoms with Gasteiger partial charge in [0.15, 0.2) is 0 Å². The lowest BCUT2D eigenvalue weighted by molar-refractivity contribution is -0.153. The fourth-order valence-corrected chi connectivity index (χ4v) is 3.07. The molecule has 2 aliphatic rings. The van der Waals surface area contributed by atoms with Crippen molar-refractivity contribution in [2.75, 3.05) is 13.2 Å². The molecule has 114 valence electrons. The summed E-state index contributed by atoms with van der Waals surface area (Å²) in [5, 5.41) is 4.25. The molecule has 0 saturated heterocycles. The molecule has 0 bridgehead atoms. The molecule has 2 fully saturated rings. The average Bonchev–Trinajstić information content (AvgIpc) is 3.36. The van der Waals surface area contributed by atoms with E-state index in [1.54, 1.807) is 0 Å². The van der Waals surface area contributed by atoms with Crippen LogP contribution in [-0.2, 0) is 15.1 Å². The minimum Gasteiger partial charge on any atom is -0.464 e. The van der Waals surface area contributed by atoms with Crippen LogP contribution in [0, 0.1) is 11.8 Å². The molecule has 1 aromatic carbocycles. The Morgan fingerprint density at radius 2 is 1.95 bits per heavy atom. The van der Waals surface area contributed by atoms with Crippen molar-refractivity contribution in [1.29, 1.82) is 0 Å². The third kappa shape index (κ3) is 3.09. The number of carbonyl (C=O) groups is 1. The number of benzene rings is 1. The molecule has 0 heterocycles. The number of nitrogens with one attached hydrogen (secondary N) is 1. The standard InChI is InChI=1S/C17H22ClNO2/c1-2-21-16(20)17(13-5-6-13,19-11-12-3-4-12)14-7-9-15(18)10-8-14/h7-10,12-13,19H,2-6,11H2,1H3. The van der Waals surface area contributed by atoms with Gasteiger partial charge in [0.05, 0.1) is 6.61 Å². The highest BCUT2D eigenvalue weighted by molar-refractivity contribution is 6.30. The van der Waals surface area contributed by atoms with Gasteiger partial charge in [0.25, 0.3) is 0 Å². The van der Waals surface area contributed by atoms with Crippen molar-refractivity contribution in [2.45, 2.75) is 38.1 Å². The number of carbonyl (C=O) groups excluding carboxylic acids is 1. The van der Waals surface area contributed by atoms with Crippen molar-refractivity contribution in [2.24, 2.45) is 11.8 Å². The van der Waals surface area contributed by atoms with Gasteiger partial charge in [0.1, 0.15) is 5.54 Å². The van der Waals surface area contributed by atoms with E-state index in [4.69, 9.17) is 16.3 Å². The summed E-state index contributed by atoms with van der Waals surface area (Å²) in [6.07, 6.45) is 4.66. The molecule has 2 aliphatic carbocycles. The molecule has 0 spiro atoms. The van der Waals surface area contributed by atoms with Crippen LogP contribution < -0.4 is 5.32 Å². The molecule has 21 heavy (non-hydrogen) atoms. The largest absolute Gasteiger partial charge is 0.464 e. The molecule has 1 N–H and O–H groups in total. The van der Waals surface area contributed by atoms with Crippen LogP contribution in [0.2, 0.25) is 5.02 Å². The second kappa shape index (κ2) is 5.98. The van der Waals surface area contributed by atoms with Gasteiger partial charge in [-0.1, -0.05) is 23.7 Å².